The maximum atomic E-state index is 5.50. The van der Waals surface area contributed by atoms with Gasteiger partial charge in [-0.05, 0) is 50.6 Å². The van der Waals surface area contributed by atoms with Crippen molar-refractivity contribution in [3.63, 3.8) is 0 Å². The summed E-state index contributed by atoms with van der Waals surface area (Å²) in [5.74, 6) is 1.73. The highest BCUT2D eigenvalue weighted by molar-refractivity contribution is 5.45. The van der Waals surface area contributed by atoms with E-state index in [0.717, 1.165) is 24.1 Å². The third-order valence-corrected chi connectivity index (χ3v) is 4.78. The zero-order chi connectivity index (χ0) is 14.7. The van der Waals surface area contributed by atoms with E-state index in [1.54, 1.807) is 0 Å². The first-order chi connectivity index (χ1) is 10.3. The van der Waals surface area contributed by atoms with Crippen molar-refractivity contribution in [1.29, 1.82) is 0 Å². The molecular formula is C17H26N2O2. The van der Waals surface area contributed by atoms with Crippen LogP contribution in [-0.4, -0.2) is 37.9 Å². The third-order valence-electron chi connectivity index (χ3n) is 4.78. The van der Waals surface area contributed by atoms with Crippen LogP contribution in [0.25, 0.3) is 0 Å². The summed E-state index contributed by atoms with van der Waals surface area (Å²) in [4.78, 5) is 2.65. The number of nitrogens with zero attached hydrogens (tertiary/aromatic N) is 1. The van der Waals surface area contributed by atoms with E-state index >= 15 is 0 Å². The molecule has 2 aliphatic heterocycles. The normalized spacial score (nSPS) is 23.2. The smallest absolute Gasteiger partial charge is 0.231 e. The van der Waals surface area contributed by atoms with Gasteiger partial charge in [0.1, 0.15) is 0 Å². The molecule has 0 saturated carbocycles. The van der Waals surface area contributed by atoms with Crippen molar-refractivity contribution in [2.75, 3.05) is 26.9 Å². The van der Waals surface area contributed by atoms with Gasteiger partial charge in [0.2, 0.25) is 6.79 Å². The quantitative estimate of drug-likeness (QED) is 0.904. The number of piperidine rings is 1. The first-order valence-electron chi connectivity index (χ1n) is 8.12. The molecule has 0 spiro atoms. The molecule has 4 nitrogen and oxygen atoms in total. The van der Waals surface area contributed by atoms with E-state index in [4.69, 9.17) is 9.47 Å². The van der Waals surface area contributed by atoms with Crippen LogP contribution in [-0.2, 0) is 0 Å². The molecule has 1 fully saturated rings. The lowest BCUT2D eigenvalue weighted by atomic mass is 9.97. The van der Waals surface area contributed by atoms with Gasteiger partial charge in [0.05, 0.1) is 0 Å². The first kappa shape index (κ1) is 14.7. The van der Waals surface area contributed by atoms with E-state index in [1.807, 2.05) is 13.1 Å². The number of benzene rings is 1. The van der Waals surface area contributed by atoms with Crippen LogP contribution < -0.4 is 14.8 Å². The Balaban J connectivity index is 1.72. The number of likely N-dealkylation sites (tertiary alicyclic amines) is 1. The molecule has 2 atom stereocenters. The van der Waals surface area contributed by atoms with Crippen molar-refractivity contribution >= 4 is 0 Å². The SMILES string of the molecule is CCC1CCCCN1CC(NC)c1ccc2c(c1)OCO2. The van der Waals surface area contributed by atoms with E-state index in [2.05, 4.69) is 29.3 Å². The van der Waals surface area contributed by atoms with Crippen LogP contribution in [0.3, 0.4) is 0 Å². The molecule has 0 aliphatic carbocycles. The number of nitrogens with one attached hydrogen (secondary N) is 1. The topological polar surface area (TPSA) is 33.7 Å². The van der Waals surface area contributed by atoms with E-state index < -0.39 is 0 Å². The van der Waals surface area contributed by atoms with Crippen LogP contribution in [0.15, 0.2) is 18.2 Å². The zero-order valence-corrected chi connectivity index (χ0v) is 13.1. The average molecular weight is 290 g/mol. The fraction of sp³-hybridized carbons (Fsp3) is 0.647. The highest BCUT2D eigenvalue weighted by atomic mass is 16.7. The second kappa shape index (κ2) is 6.67. The van der Waals surface area contributed by atoms with Gasteiger partial charge < -0.3 is 14.8 Å². The number of ether oxygens (including phenoxy) is 2. The van der Waals surface area contributed by atoms with Crippen LogP contribution in [0.5, 0.6) is 11.5 Å². The van der Waals surface area contributed by atoms with Crippen molar-refractivity contribution in [2.24, 2.45) is 0 Å². The molecule has 116 valence electrons. The molecular weight excluding hydrogens is 264 g/mol. The van der Waals surface area contributed by atoms with Crippen LogP contribution >= 0.6 is 0 Å². The highest BCUT2D eigenvalue weighted by Crippen LogP contribution is 2.34. The summed E-state index contributed by atoms with van der Waals surface area (Å²) in [7, 11) is 2.04. The Kier molecular flexibility index (Phi) is 4.66. The van der Waals surface area contributed by atoms with Crippen molar-refractivity contribution in [1.82, 2.24) is 10.2 Å². The summed E-state index contributed by atoms with van der Waals surface area (Å²) < 4.78 is 10.9. The molecule has 1 saturated heterocycles. The zero-order valence-electron chi connectivity index (χ0n) is 13.1. The Bertz CT molecular complexity index is 478. The Morgan fingerprint density at radius 2 is 2.14 bits per heavy atom. The summed E-state index contributed by atoms with van der Waals surface area (Å²) in [6.07, 6.45) is 5.29. The minimum atomic E-state index is 0.339. The van der Waals surface area contributed by atoms with E-state index in [0.29, 0.717) is 12.8 Å². The minimum absolute atomic E-state index is 0.339. The Morgan fingerprint density at radius 1 is 1.29 bits per heavy atom. The average Bonchev–Trinajstić information content (AvgIpc) is 3.00. The number of fused-ring (bicyclic) bond motifs is 1. The lowest BCUT2D eigenvalue weighted by Crippen LogP contribution is -2.43. The first-order valence-corrected chi connectivity index (χ1v) is 8.12. The highest BCUT2D eigenvalue weighted by Gasteiger charge is 2.24. The van der Waals surface area contributed by atoms with Gasteiger partial charge in [0, 0.05) is 18.6 Å². The fourth-order valence-corrected chi connectivity index (χ4v) is 3.49. The molecule has 1 aromatic rings. The van der Waals surface area contributed by atoms with Crippen LogP contribution in [0.2, 0.25) is 0 Å². The van der Waals surface area contributed by atoms with Gasteiger partial charge >= 0.3 is 0 Å². The van der Waals surface area contributed by atoms with Gasteiger partial charge in [0.25, 0.3) is 0 Å². The predicted octanol–water partition coefficient (Wildman–Crippen LogP) is 2.94. The van der Waals surface area contributed by atoms with Crippen molar-refractivity contribution in [3.8, 4) is 11.5 Å². The standard InChI is InChI=1S/C17H26N2O2/c1-3-14-6-4-5-9-19(14)11-15(18-2)13-7-8-16-17(10-13)21-12-20-16/h7-8,10,14-15,18H,3-6,9,11-12H2,1-2H3. The molecule has 3 rings (SSSR count). The van der Waals surface area contributed by atoms with Crippen LogP contribution in [0, 0.1) is 0 Å². The van der Waals surface area contributed by atoms with Crippen LogP contribution in [0.1, 0.15) is 44.2 Å². The van der Waals surface area contributed by atoms with Crippen LogP contribution in [0.4, 0.5) is 0 Å². The molecule has 2 unspecified atom stereocenters. The number of rotatable bonds is 5. The molecule has 2 heterocycles. The number of hydrogen-bond acceptors (Lipinski definition) is 4. The predicted molar refractivity (Wildman–Crippen MR) is 83.9 cm³/mol. The number of likely N-dealkylation sites (N-methyl/N-ethyl adjacent to an activating group) is 1. The summed E-state index contributed by atoms with van der Waals surface area (Å²) in [5.41, 5.74) is 1.28. The second-order valence-corrected chi connectivity index (χ2v) is 6.01. The van der Waals surface area contributed by atoms with E-state index in [-0.39, 0.29) is 0 Å². The fourth-order valence-electron chi connectivity index (χ4n) is 3.49. The maximum absolute atomic E-state index is 5.50. The summed E-state index contributed by atoms with van der Waals surface area (Å²) in [6, 6.07) is 7.37. The Labute approximate surface area is 127 Å². The molecule has 0 amide bonds. The van der Waals surface area contributed by atoms with E-state index in [9.17, 15) is 0 Å². The summed E-state index contributed by atoms with van der Waals surface area (Å²) in [6.45, 7) is 4.93. The largest absolute Gasteiger partial charge is 0.454 e. The van der Waals surface area contributed by atoms with Crippen molar-refractivity contribution in [2.45, 2.75) is 44.7 Å². The summed E-state index contributed by atoms with van der Waals surface area (Å²) >= 11 is 0. The van der Waals surface area contributed by atoms with Gasteiger partial charge in [-0.15, -0.1) is 0 Å². The van der Waals surface area contributed by atoms with Gasteiger partial charge in [-0.25, -0.2) is 0 Å². The monoisotopic (exact) mass is 290 g/mol. The lowest BCUT2D eigenvalue weighted by molar-refractivity contribution is 0.130. The molecule has 21 heavy (non-hydrogen) atoms. The maximum Gasteiger partial charge on any atom is 0.231 e. The second-order valence-electron chi connectivity index (χ2n) is 6.01. The van der Waals surface area contributed by atoms with Gasteiger partial charge in [-0.3, -0.25) is 4.90 Å². The molecule has 0 radical (unpaired) electrons. The van der Waals surface area contributed by atoms with Crippen molar-refractivity contribution in [3.05, 3.63) is 23.8 Å². The minimum Gasteiger partial charge on any atom is -0.454 e. The van der Waals surface area contributed by atoms with Crippen molar-refractivity contribution < 1.29 is 9.47 Å². The third kappa shape index (κ3) is 3.16. The lowest BCUT2D eigenvalue weighted by Gasteiger charge is -2.37. The van der Waals surface area contributed by atoms with Gasteiger partial charge in [-0.2, -0.15) is 0 Å². The molecule has 4 heteroatoms. The molecule has 1 aromatic carbocycles. The number of hydrogen-bond donors (Lipinski definition) is 1. The van der Waals surface area contributed by atoms with Gasteiger partial charge in [-0.1, -0.05) is 19.4 Å². The molecule has 1 N–H and O–H groups in total. The molecule has 0 bridgehead atoms. The van der Waals surface area contributed by atoms with E-state index in [1.165, 1.54) is 37.8 Å². The molecule has 0 aromatic heterocycles. The summed E-state index contributed by atoms with van der Waals surface area (Å²) in [5, 5.41) is 3.46. The Morgan fingerprint density at radius 3 is 2.95 bits per heavy atom. The van der Waals surface area contributed by atoms with Gasteiger partial charge in [0.15, 0.2) is 11.5 Å². The Hall–Kier alpha value is -1.26. The molecule has 2 aliphatic rings.